The van der Waals surface area contributed by atoms with Crippen molar-refractivity contribution in [1.82, 2.24) is 5.32 Å². The van der Waals surface area contributed by atoms with E-state index >= 15 is 0 Å². The van der Waals surface area contributed by atoms with Crippen LogP contribution in [-0.2, 0) is 0 Å². The zero-order valence-electron chi connectivity index (χ0n) is 12.6. The summed E-state index contributed by atoms with van der Waals surface area (Å²) in [6, 6.07) is 6.65. The summed E-state index contributed by atoms with van der Waals surface area (Å²) in [6.07, 6.45) is 5.43. The Balaban J connectivity index is 1.61. The Morgan fingerprint density at radius 1 is 1.20 bits per heavy atom. The lowest BCUT2D eigenvalue weighted by atomic mass is 9.99. The highest BCUT2D eigenvalue weighted by atomic mass is 16.6. The molecule has 2 aliphatic rings. The average molecular weight is 275 g/mol. The van der Waals surface area contributed by atoms with Crippen LogP contribution in [0.15, 0.2) is 18.2 Å². The fraction of sp³-hybridized carbons (Fsp3) is 0.647. The van der Waals surface area contributed by atoms with Crippen LogP contribution in [0.2, 0.25) is 0 Å². The summed E-state index contributed by atoms with van der Waals surface area (Å²) in [5.41, 5.74) is 1.87. The van der Waals surface area contributed by atoms with Gasteiger partial charge in [-0.05, 0) is 49.3 Å². The Bertz CT molecular complexity index is 468. The van der Waals surface area contributed by atoms with Crippen LogP contribution >= 0.6 is 0 Å². The van der Waals surface area contributed by atoms with Gasteiger partial charge in [0.05, 0.1) is 0 Å². The molecule has 110 valence electrons. The molecular formula is C17H25NO2. The second kappa shape index (κ2) is 5.65. The van der Waals surface area contributed by atoms with E-state index in [1.165, 1.54) is 31.2 Å². The molecular weight excluding hydrogens is 250 g/mol. The van der Waals surface area contributed by atoms with Gasteiger partial charge in [0.2, 0.25) is 0 Å². The molecule has 1 unspecified atom stereocenters. The first-order valence-electron chi connectivity index (χ1n) is 7.85. The Kier molecular flexibility index (Phi) is 3.88. The number of ether oxygens (including phenoxy) is 2. The van der Waals surface area contributed by atoms with E-state index < -0.39 is 0 Å². The maximum atomic E-state index is 5.66. The van der Waals surface area contributed by atoms with E-state index in [2.05, 4.69) is 31.3 Å². The van der Waals surface area contributed by atoms with Crippen LogP contribution in [-0.4, -0.2) is 19.8 Å². The van der Waals surface area contributed by atoms with Crippen molar-refractivity contribution in [3.63, 3.8) is 0 Å². The number of benzene rings is 1. The van der Waals surface area contributed by atoms with Crippen LogP contribution in [0.25, 0.3) is 0 Å². The highest BCUT2D eigenvalue weighted by Crippen LogP contribution is 2.49. The van der Waals surface area contributed by atoms with Crippen molar-refractivity contribution in [3.8, 4) is 11.5 Å². The van der Waals surface area contributed by atoms with E-state index in [-0.39, 0.29) is 0 Å². The first-order chi connectivity index (χ1) is 9.72. The molecule has 0 aromatic heterocycles. The molecule has 1 heterocycles. The van der Waals surface area contributed by atoms with Crippen LogP contribution in [0.4, 0.5) is 0 Å². The third-order valence-corrected chi connectivity index (χ3v) is 4.59. The highest BCUT2D eigenvalue weighted by molar-refractivity contribution is 5.44. The molecule has 0 saturated heterocycles. The minimum atomic E-state index is 0.361. The predicted octanol–water partition coefficient (Wildman–Crippen LogP) is 3.69. The van der Waals surface area contributed by atoms with Crippen molar-refractivity contribution < 1.29 is 9.47 Å². The lowest BCUT2D eigenvalue weighted by molar-refractivity contribution is 0.171. The molecule has 0 amide bonds. The van der Waals surface area contributed by atoms with E-state index in [1.807, 2.05) is 6.07 Å². The SMILES string of the molecule is CCCC1(CNC(C)c2ccc3c(c2)OCCO3)CC1. The minimum absolute atomic E-state index is 0.361. The first-order valence-corrected chi connectivity index (χ1v) is 7.85. The summed E-state index contributed by atoms with van der Waals surface area (Å²) in [4.78, 5) is 0. The largest absolute Gasteiger partial charge is 0.486 e. The van der Waals surface area contributed by atoms with Gasteiger partial charge in [-0.2, -0.15) is 0 Å². The van der Waals surface area contributed by atoms with E-state index in [9.17, 15) is 0 Å². The first kappa shape index (κ1) is 13.7. The van der Waals surface area contributed by atoms with Gasteiger partial charge in [0.15, 0.2) is 11.5 Å². The molecule has 1 aliphatic carbocycles. The van der Waals surface area contributed by atoms with Gasteiger partial charge in [-0.3, -0.25) is 0 Å². The van der Waals surface area contributed by atoms with E-state index in [4.69, 9.17) is 9.47 Å². The van der Waals surface area contributed by atoms with Crippen molar-refractivity contribution in [2.45, 2.75) is 45.6 Å². The molecule has 0 spiro atoms. The van der Waals surface area contributed by atoms with E-state index in [0.29, 0.717) is 24.7 Å². The molecule has 0 radical (unpaired) electrons. The second-order valence-electron chi connectivity index (χ2n) is 6.26. The van der Waals surface area contributed by atoms with Gasteiger partial charge in [0.25, 0.3) is 0 Å². The number of fused-ring (bicyclic) bond motifs is 1. The number of hydrogen-bond donors (Lipinski definition) is 1. The third-order valence-electron chi connectivity index (χ3n) is 4.59. The summed E-state index contributed by atoms with van der Waals surface area (Å²) in [5, 5.41) is 3.70. The van der Waals surface area contributed by atoms with Gasteiger partial charge in [-0.1, -0.05) is 19.4 Å². The molecule has 1 saturated carbocycles. The molecule has 1 atom stereocenters. The van der Waals surface area contributed by atoms with Gasteiger partial charge < -0.3 is 14.8 Å². The highest BCUT2D eigenvalue weighted by Gasteiger charge is 2.41. The van der Waals surface area contributed by atoms with Gasteiger partial charge in [0.1, 0.15) is 13.2 Å². The van der Waals surface area contributed by atoms with Crippen LogP contribution in [0, 0.1) is 5.41 Å². The summed E-state index contributed by atoms with van der Waals surface area (Å²) in [6.45, 7) is 6.95. The fourth-order valence-electron chi connectivity index (χ4n) is 3.04. The second-order valence-corrected chi connectivity index (χ2v) is 6.26. The van der Waals surface area contributed by atoms with Crippen molar-refractivity contribution >= 4 is 0 Å². The fourth-order valence-corrected chi connectivity index (χ4v) is 3.04. The Morgan fingerprint density at radius 3 is 2.65 bits per heavy atom. The monoisotopic (exact) mass is 275 g/mol. The van der Waals surface area contributed by atoms with Gasteiger partial charge in [-0.25, -0.2) is 0 Å². The lowest BCUT2D eigenvalue weighted by Crippen LogP contribution is -2.27. The molecule has 3 heteroatoms. The molecule has 3 nitrogen and oxygen atoms in total. The normalized spacial score (nSPS) is 20.5. The molecule has 1 aromatic carbocycles. The van der Waals surface area contributed by atoms with Gasteiger partial charge in [0, 0.05) is 12.6 Å². The molecule has 0 bridgehead atoms. The number of rotatable bonds is 6. The Morgan fingerprint density at radius 2 is 1.95 bits per heavy atom. The zero-order chi connectivity index (χ0) is 14.0. The Labute approximate surface area is 121 Å². The van der Waals surface area contributed by atoms with Crippen LogP contribution < -0.4 is 14.8 Å². The topological polar surface area (TPSA) is 30.5 Å². The number of hydrogen-bond acceptors (Lipinski definition) is 3. The van der Waals surface area contributed by atoms with E-state index in [1.54, 1.807) is 0 Å². The van der Waals surface area contributed by atoms with Crippen molar-refractivity contribution in [2.24, 2.45) is 5.41 Å². The maximum Gasteiger partial charge on any atom is 0.161 e. The molecule has 1 fully saturated rings. The van der Waals surface area contributed by atoms with E-state index in [0.717, 1.165) is 18.0 Å². The molecule has 3 rings (SSSR count). The third kappa shape index (κ3) is 2.93. The van der Waals surface area contributed by atoms with Crippen LogP contribution in [0.5, 0.6) is 11.5 Å². The van der Waals surface area contributed by atoms with Crippen molar-refractivity contribution in [3.05, 3.63) is 23.8 Å². The summed E-state index contributed by atoms with van der Waals surface area (Å²) in [5.74, 6) is 1.76. The van der Waals surface area contributed by atoms with Crippen LogP contribution in [0.3, 0.4) is 0 Å². The average Bonchev–Trinajstić information content (AvgIpc) is 3.25. The zero-order valence-corrected chi connectivity index (χ0v) is 12.6. The summed E-state index contributed by atoms with van der Waals surface area (Å²) < 4.78 is 11.2. The summed E-state index contributed by atoms with van der Waals surface area (Å²) >= 11 is 0. The van der Waals surface area contributed by atoms with Crippen molar-refractivity contribution in [1.29, 1.82) is 0 Å². The smallest absolute Gasteiger partial charge is 0.161 e. The number of nitrogens with one attached hydrogen (secondary N) is 1. The molecule has 20 heavy (non-hydrogen) atoms. The lowest BCUT2D eigenvalue weighted by Gasteiger charge is -2.23. The van der Waals surface area contributed by atoms with Crippen molar-refractivity contribution in [2.75, 3.05) is 19.8 Å². The van der Waals surface area contributed by atoms with Gasteiger partial charge >= 0.3 is 0 Å². The predicted molar refractivity (Wildman–Crippen MR) is 80.4 cm³/mol. The molecule has 1 N–H and O–H groups in total. The summed E-state index contributed by atoms with van der Waals surface area (Å²) in [7, 11) is 0. The maximum absolute atomic E-state index is 5.66. The quantitative estimate of drug-likeness (QED) is 0.859. The standard InChI is InChI=1S/C17H25NO2/c1-3-6-17(7-8-17)12-18-13(2)14-4-5-15-16(11-14)20-10-9-19-15/h4-5,11,13,18H,3,6-10,12H2,1-2H3. The van der Waals surface area contributed by atoms with Crippen LogP contribution in [0.1, 0.15) is 51.1 Å². The minimum Gasteiger partial charge on any atom is -0.486 e. The van der Waals surface area contributed by atoms with Gasteiger partial charge in [-0.15, -0.1) is 0 Å². The molecule has 1 aromatic rings. The Hall–Kier alpha value is -1.22. The molecule has 1 aliphatic heterocycles.